The number of hydrogen-bond donors (Lipinski definition) is 2. The summed E-state index contributed by atoms with van der Waals surface area (Å²) in [5.41, 5.74) is -0.0363. The number of nitrogens with zero attached hydrogens (tertiary/aromatic N) is 1. The average molecular weight is 284 g/mol. The zero-order valence-corrected chi connectivity index (χ0v) is 9.58. The van der Waals surface area contributed by atoms with Gasteiger partial charge in [0.2, 0.25) is 5.95 Å². The molecule has 0 fully saturated rings. The summed E-state index contributed by atoms with van der Waals surface area (Å²) in [6.45, 7) is 0. The number of nitrogens with one attached hydrogen (secondary N) is 2. The summed E-state index contributed by atoms with van der Waals surface area (Å²) in [6.07, 6.45) is 3.06. The molecular formula is C10H7BrFN3O. The maximum Gasteiger partial charge on any atom is 0.260 e. The lowest BCUT2D eigenvalue weighted by Gasteiger charge is -2.03. The van der Waals surface area contributed by atoms with Gasteiger partial charge in [0.05, 0.1) is 5.56 Å². The number of benzene rings is 1. The number of anilines is 1. The third-order valence-corrected chi connectivity index (χ3v) is 2.40. The average Bonchev–Trinajstić information content (AvgIpc) is 2.74. The third kappa shape index (κ3) is 2.27. The minimum Gasteiger partial charge on any atom is -0.331 e. The van der Waals surface area contributed by atoms with Crippen molar-refractivity contribution in [3.63, 3.8) is 0 Å². The molecule has 0 radical (unpaired) electrons. The van der Waals surface area contributed by atoms with Gasteiger partial charge in [0.1, 0.15) is 5.82 Å². The first-order chi connectivity index (χ1) is 7.66. The summed E-state index contributed by atoms with van der Waals surface area (Å²) in [5.74, 6) is -0.842. The topological polar surface area (TPSA) is 57.8 Å². The molecule has 2 N–H and O–H groups in total. The van der Waals surface area contributed by atoms with Crippen molar-refractivity contribution in [1.82, 2.24) is 9.97 Å². The quantitative estimate of drug-likeness (QED) is 0.890. The van der Waals surface area contributed by atoms with E-state index in [1.165, 1.54) is 24.4 Å². The fraction of sp³-hybridized carbons (Fsp3) is 0. The van der Waals surface area contributed by atoms with Gasteiger partial charge in [-0.3, -0.25) is 10.1 Å². The van der Waals surface area contributed by atoms with Crippen LogP contribution in [0.4, 0.5) is 10.3 Å². The van der Waals surface area contributed by atoms with Crippen LogP contribution in [0, 0.1) is 5.82 Å². The van der Waals surface area contributed by atoms with Crippen LogP contribution in [-0.4, -0.2) is 15.9 Å². The van der Waals surface area contributed by atoms with Crippen molar-refractivity contribution >= 4 is 27.8 Å². The normalized spacial score (nSPS) is 10.1. The number of aromatic nitrogens is 2. The molecule has 0 spiro atoms. The van der Waals surface area contributed by atoms with E-state index in [-0.39, 0.29) is 11.5 Å². The number of rotatable bonds is 2. The van der Waals surface area contributed by atoms with Gasteiger partial charge in [0.15, 0.2) is 0 Å². The third-order valence-electron chi connectivity index (χ3n) is 1.90. The lowest BCUT2D eigenvalue weighted by molar-refractivity contribution is 0.102. The first kappa shape index (κ1) is 10.8. The Hall–Kier alpha value is -1.69. The van der Waals surface area contributed by atoms with Crippen LogP contribution in [0.1, 0.15) is 10.4 Å². The minimum absolute atomic E-state index is 0.0363. The van der Waals surface area contributed by atoms with Gasteiger partial charge < -0.3 is 4.98 Å². The number of carbonyl (C=O) groups excluding carboxylic acids is 1. The highest BCUT2D eigenvalue weighted by molar-refractivity contribution is 9.10. The van der Waals surface area contributed by atoms with E-state index in [0.717, 1.165) is 0 Å². The number of imidazole rings is 1. The van der Waals surface area contributed by atoms with Crippen molar-refractivity contribution in [3.8, 4) is 0 Å². The van der Waals surface area contributed by atoms with Gasteiger partial charge in [-0.1, -0.05) is 15.9 Å². The maximum absolute atomic E-state index is 13.3. The second-order valence-corrected chi connectivity index (χ2v) is 3.93. The van der Waals surface area contributed by atoms with Crippen molar-refractivity contribution in [3.05, 3.63) is 46.4 Å². The second kappa shape index (κ2) is 4.44. The molecule has 16 heavy (non-hydrogen) atoms. The van der Waals surface area contributed by atoms with Crippen molar-refractivity contribution in [2.24, 2.45) is 0 Å². The van der Waals surface area contributed by atoms with E-state index in [0.29, 0.717) is 4.47 Å². The van der Waals surface area contributed by atoms with Crippen LogP contribution < -0.4 is 5.32 Å². The monoisotopic (exact) mass is 283 g/mol. The van der Waals surface area contributed by atoms with Gasteiger partial charge in [-0.05, 0) is 18.2 Å². The van der Waals surface area contributed by atoms with Gasteiger partial charge in [0.25, 0.3) is 5.91 Å². The standard InChI is InChI=1S/C10H7BrFN3O/c11-6-1-2-8(12)7(5-6)9(16)15-10-13-3-4-14-10/h1-5H,(H2,13,14,15,16). The molecule has 0 aliphatic rings. The summed E-state index contributed by atoms with van der Waals surface area (Å²) in [6, 6.07) is 4.16. The molecule has 0 unspecified atom stereocenters. The minimum atomic E-state index is -0.577. The molecule has 2 rings (SSSR count). The van der Waals surface area contributed by atoms with E-state index in [4.69, 9.17) is 0 Å². The fourth-order valence-electron chi connectivity index (χ4n) is 1.18. The van der Waals surface area contributed by atoms with Crippen LogP contribution >= 0.6 is 15.9 Å². The zero-order valence-electron chi connectivity index (χ0n) is 8.00. The number of carbonyl (C=O) groups is 1. The molecule has 1 aromatic carbocycles. The Morgan fingerprint density at radius 2 is 2.31 bits per heavy atom. The molecule has 0 saturated heterocycles. The SMILES string of the molecule is O=C(Nc1ncc[nH]1)c1cc(Br)ccc1F. The first-order valence-corrected chi connectivity index (χ1v) is 5.22. The molecule has 0 aliphatic carbocycles. The second-order valence-electron chi connectivity index (χ2n) is 3.02. The van der Waals surface area contributed by atoms with E-state index in [9.17, 15) is 9.18 Å². The summed E-state index contributed by atoms with van der Waals surface area (Å²) in [7, 11) is 0. The number of halogens is 2. The summed E-state index contributed by atoms with van der Waals surface area (Å²) in [5, 5.41) is 2.44. The van der Waals surface area contributed by atoms with Gasteiger partial charge in [-0.15, -0.1) is 0 Å². The number of hydrogen-bond acceptors (Lipinski definition) is 2. The first-order valence-electron chi connectivity index (χ1n) is 4.42. The molecule has 6 heteroatoms. The molecule has 2 aromatic rings. The Morgan fingerprint density at radius 3 is 3.00 bits per heavy atom. The Balaban J connectivity index is 2.24. The largest absolute Gasteiger partial charge is 0.331 e. The Labute approximate surface area is 99.0 Å². The van der Waals surface area contributed by atoms with Crippen molar-refractivity contribution < 1.29 is 9.18 Å². The van der Waals surface area contributed by atoms with Crippen LogP contribution in [0.25, 0.3) is 0 Å². The summed E-state index contributed by atoms with van der Waals surface area (Å²) < 4.78 is 14.0. The van der Waals surface area contributed by atoms with Gasteiger partial charge in [-0.2, -0.15) is 0 Å². The fourth-order valence-corrected chi connectivity index (χ4v) is 1.54. The Bertz CT molecular complexity index is 513. The molecular weight excluding hydrogens is 277 g/mol. The van der Waals surface area contributed by atoms with Crippen molar-refractivity contribution in [1.29, 1.82) is 0 Å². The molecule has 1 heterocycles. The van der Waals surface area contributed by atoms with Gasteiger partial charge in [0, 0.05) is 16.9 Å². The Kier molecular flexibility index (Phi) is 3.00. The van der Waals surface area contributed by atoms with Crippen LogP contribution in [-0.2, 0) is 0 Å². The molecule has 1 amide bonds. The van der Waals surface area contributed by atoms with Crippen molar-refractivity contribution in [2.75, 3.05) is 5.32 Å². The predicted molar refractivity (Wildman–Crippen MR) is 60.6 cm³/mol. The lowest BCUT2D eigenvalue weighted by atomic mass is 10.2. The van der Waals surface area contributed by atoms with Gasteiger partial charge >= 0.3 is 0 Å². The molecule has 0 atom stereocenters. The van der Waals surface area contributed by atoms with E-state index in [1.807, 2.05) is 0 Å². The molecule has 82 valence electrons. The van der Waals surface area contributed by atoms with Crippen molar-refractivity contribution in [2.45, 2.75) is 0 Å². The van der Waals surface area contributed by atoms with E-state index < -0.39 is 11.7 Å². The highest BCUT2D eigenvalue weighted by atomic mass is 79.9. The van der Waals surface area contributed by atoms with E-state index in [1.54, 1.807) is 6.20 Å². The summed E-state index contributed by atoms with van der Waals surface area (Å²) in [4.78, 5) is 18.2. The number of amides is 1. The predicted octanol–water partition coefficient (Wildman–Crippen LogP) is 2.56. The van der Waals surface area contributed by atoms with Crippen LogP contribution in [0.2, 0.25) is 0 Å². The molecule has 0 aliphatic heterocycles. The summed E-state index contributed by atoms with van der Waals surface area (Å²) >= 11 is 3.17. The smallest absolute Gasteiger partial charge is 0.260 e. The zero-order chi connectivity index (χ0) is 11.5. The van der Waals surface area contributed by atoms with Crippen LogP contribution in [0.5, 0.6) is 0 Å². The molecule has 0 bridgehead atoms. The highest BCUT2D eigenvalue weighted by Gasteiger charge is 2.12. The Morgan fingerprint density at radius 1 is 1.50 bits per heavy atom. The van der Waals surface area contributed by atoms with E-state index in [2.05, 4.69) is 31.2 Å². The van der Waals surface area contributed by atoms with Gasteiger partial charge in [-0.25, -0.2) is 9.37 Å². The molecule has 1 aromatic heterocycles. The molecule has 0 saturated carbocycles. The maximum atomic E-state index is 13.3. The highest BCUT2D eigenvalue weighted by Crippen LogP contribution is 2.16. The van der Waals surface area contributed by atoms with Crippen LogP contribution in [0.15, 0.2) is 35.1 Å². The number of aromatic amines is 1. The van der Waals surface area contributed by atoms with E-state index >= 15 is 0 Å². The van der Waals surface area contributed by atoms with Crippen LogP contribution in [0.3, 0.4) is 0 Å². The molecule has 4 nitrogen and oxygen atoms in total. The lowest BCUT2D eigenvalue weighted by Crippen LogP contribution is -2.14. The number of H-pyrrole nitrogens is 1.